The summed E-state index contributed by atoms with van der Waals surface area (Å²) < 4.78 is 5.11. The maximum atomic E-state index is 12.3. The smallest absolute Gasteiger partial charge is 0.344 e. The van der Waals surface area contributed by atoms with Crippen LogP contribution in [0.1, 0.15) is 59.2 Å². The van der Waals surface area contributed by atoms with Gasteiger partial charge in [0.05, 0.1) is 6.61 Å². The van der Waals surface area contributed by atoms with Gasteiger partial charge >= 0.3 is 5.97 Å². The lowest BCUT2D eigenvalue weighted by Crippen LogP contribution is -2.23. The van der Waals surface area contributed by atoms with E-state index in [2.05, 4.69) is 28.5 Å². The third-order valence-electron chi connectivity index (χ3n) is 5.06. The topological polar surface area (TPSA) is 71.2 Å². The molecule has 0 bridgehead atoms. The van der Waals surface area contributed by atoms with E-state index in [1.807, 2.05) is 6.07 Å². The van der Waals surface area contributed by atoms with Crippen molar-refractivity contribution in [2.75, 3.05) is 11.9 Å². The number of nitrogens with one attached hydrogen (secondary N) is 2. The highest BCUT2D eigenvalue weighted by Crippen LogP contribution is 2.42. The molecule has 1 atom stereocenters. The molecule has 0 radical (unpaired) electrons. The van der Waals surface area contributed by atoms with Crippen LogP contribution in [0.2, 0.25) is 0 Å². The molecule has 2 N–H and O–H groups in total. The fourth-order valence-corrected chi connectivity index (χ4v) is 3.76. The molecule has 130 valence electrons. The lowest BCUT2D eigenvalue weighted by molar-refractivity contribution is 0.0522. The summed E-state index contributed by atoms with van der Waals surface area (Å²) in [6.07, 6.45) is 5.92. The molecule has 1 saturated carbocycles. The number of carbonyl (C=O) groups is 1. The predicted molar refractivity (Wildman–Crippen MR) is 96.3 cm³/mol. The molecule has 1 fully saturated rings. The molecular weight excluding hydrogens is 316 g/mol. The highest BCUT2D eigenvalue weighted by molar-refractivity contribution is 5.91. The van der Waals surface area contributed by atoms with E-state index in [9.17, 15) is 9.59 Å². The molecule has 0 amide bonds. The van der Waals surface area contributed by atoms with Crippen LogP contribution in [0.4, 0.5) is 5.69 Å². The lowest BCUT2D eigenvalue weighted by Gasteiger charge is -2.16. The second-order valence-electron chi connectivity index (χ2n) is 6.74. The molecule has 1 heterocycles. The summed E-state index contributed by atoms with van der Waals surface area (Å²) in [5.74, 6) is -0.488. The second-order valence-corrected chi connectivity index (χ2v) is 6.74. The largest absolute Gasteiger partial charge is 0.462 e. The number of rotatable bonds is 5. The van der Waals surface area contributed by atoms with E-state index >= 15 is 0 Å². The Kier molecular flexibility index (Phi) is 4.07. The minimum Gasteiger partial charge on any atom is -0.462 e. The van der Waals surface area contributed by atoms with E-state index in [-0.39, 0.29) is 23.6 Å². The third kappa shape index (κ3) is 2.95. The molecule has 2 aromatic rings. The van der Waals surface area contributed by atoms with Gasteiger partial charge in [-0.1, -0.05) is 12.1 Å². The highest BCUT2D eigenvalue weighted by Gasteiger charge is 2.31. The van der Waals surface area contributed by atoms with Crippen molar-refractivity contribution in [1.82, 2.24) is 4.98 Å². The number of hydrogen-bond donors (Lipinski definition) is 2. The van der Waals surface area contributed by atoms with E-state index in [1.165, 1.54) is 29.7 Å². The minimum absolute atomic E-state index is 0.0534. The summed E-state index contributed by atoms with van der Waals surface area (Å²) in [6.45, 7) is 2.00. The number of benzene rings is 1. The first-order chi connectivity index (χ1) is 12.2. The molecule has 0 spiro atoms. The fraction of sp³-hybridized carbons (Fsp3) is 0.400. The molecule has 5 nitrogen and oxygen atoms in total. The van der Waals surface area contributed by atoms with Gasteiger partial charge in [-0.2, -0.15) is 0 Å². The normalized spacial score (nSPS) is 18.7. The molecule has 1 aromatic heterocycles. The molecule has 2 aliphatic rings. The van der Waals surface area contributed by atoms with Crippen LogP contribution in [-0.4, -0.2) is 23.6 Å². The van der Waals surface area contributed by atoms with Crippen LogP contribution in [0.3, 0.4) is 0 Å². The number of ether oxygens (including phenoxy) is 1. The summed E-state index contributed by atoms with van der Waals surface area (Å²) in [7, 11) is 0. The Morgan fingerprint density at radius 1 is 1.24 bits per heavy atom. The van der Waals surface area contributed by atoms with E-state index in [1.54, 1.807) is 13.1 Å². The summed E-state index contributed by atoms with van der Waals surface area (Å²) in [6, 6.07) is 8.73. The quantitative estimate of drug-likeness (QED) is 0.821. The van der Waals surface area contributed by atoms with Crippen molar-refractivity contribution in [3.8, 4) is 0 Å². The van der Waals surface area contributed by atoms with E-state index in [4.69, 9.17) is 4.74 Å². The van der Waals surface area contributed by atoms with Crippen LogP contribution in [0.15, 0.2) is 35.3 Å². The van der Waals surface area contributed by atoms with Gasteiger partial charge in [-0.25, -0.2) is 4.79 Å². The van der Waals surface area contributed by atoms with Gasteiger partial charge in [-0.15, -0.1) is 0 Å². The molecule has 1 aromatic carbocycles. The average molecular weight is 338 g/mol. The van der Waals surface area contributed by atoms with Gasteiger partial charge in [0.1, 0.15) is 5.56 Å². The first kappa shape index (κ1) is 15.9. The van der Waals surface area contributed by atoms with Crippen molar-refractivity contribution in [2.24, 2.45) is 0 Å². The van der Waals surface area contributed by atoms with Crippen LogP contribution < -0.4 is 10.9 Å². The Balaban J connectivity index is 1.75. The van der Waals surface area contributed by atoms with E-state index in [0.29, 0.717) is 6.04 Å². The molecule has 0 saturated heterocycles. The summed E-state index contributed by atoms with van der Waals surface area (Å²) in [5.41, 5.74) is 4.25. The van der Waals surface area contributed by atoms with Crippen LogP contribution in [-0.2, 0) is 11.2 Å². The number of aromatic nitrogens is 1. The van der Waals surface area contributed by atoms with Crippen molar-refractivity contribution in [3.05, 3.63) is 63.1 Å². The third-order valence-corrected chi connectivity index (χ3v) is 5.06. The Morgan fingerprint density at radius 3 is 2.84 bits per heavy atom. The van der Waals surface area contributed by atoms with Gasteiger partial charge in [-0.05, 0) is 61.4 Å². The number of anilines is 1. The fourth-order valence-electron chi connectivity index (χ4n) is 3.76. The second kappa shape index (κ2) is 6.39. The van der Waals surface area contributed by atoms with Gasteiger partial charge in [0.15, 0.2) is 0 Å². The minimum atomic E-state index is -0.542. The zero-order valence-corrected chi connectivity index (χ0v) is 14.3. The van der Waals surface area contributed by atoms with Crippen LogP contribution in [0.5, 0.6) is 0 Å². The van der Waals surface area contributed by atoms with Crippen molar-refractivity contribution in [2.45, 2.75) is 44.6 Å². The van der Waals surface area contributed by atoms with Crippen molar-refractivity contribution < 1.29 is 9.53 Å². The Bertz CT molecular complexity index is 867. The first-order valence-electron chi connectivity index (χ1n) is 8.96. The SMILES string of the molecule is CCOC(=O)c1c(C2CCc3c(NC4CC4)cccc32)cc[nH]c1=O. The summed E-state index contributed by atoms with van der Waals surface area (Å²) in [4.78, 5) is 27.2. The maximum absolute atomic E-state index is 12.3. The van der Waals surface area contributed by atoms with Gasteiger partial charge in [0.2, 0.25) is 0 Å². The molecule has 25 heavy (non-hydrogen) atoms. The predicted octanol–water partition coefficient (Wildman–Crippen LogP) is 3.20. The summed E-state index contributed by atoms with van der Waals surface area (Å²) >= 11 is 0. The number of aromatic amines is 1. The molecule has 1 unspecified atom stereocenters. The molecule has 0 aliphatic heterocycles. The number of hydrogen-bond acceptors (Lipinski definition) is 4. The average Bonchev–Trinajstić information content (AvgIpc) is 3.31. The standard InChI is InChI=1S/C20H22N2O3/c1-2-25-20(24)18-16(10-11-21-19(18)23)14-8-9-15-13(14)4-3-5-17(15)22-12-6-7-12/h3-5,10-12,14,22H,2,6-9H2,1H3,(H,21,23). The monoisotopic (exact) mass is 338 g/mol. The van der Waals surface area contributed by atoms with E-state index < -0.39 is 5.97 Å². The first-order valence-corrected chi connectivity index (χ1v) is 8.96. The molecule has 4 rings (SSSR count). The molecular formula is C20H22N2O3. The van der Waals surface area contributed by atoms with Gasteiger partial charge in [0, 0.05) is 23.8 Å². The van der Waals surface area contributed by atoms with Crippen LogP contribution in [0, 0.1) is 0 Å². The van der Waals surface area contributed by atoms with Crippen molar-refractivity contribution in [1.29, 1.82) is 0 Å². The number of fused-ring (bicyclic) bond motifs is 1. The number of pyridine rings is 1. The van der Waals surface area contributed by atoms with Crippen LogP contribution in [0.25, 0.3) is 0 Å². The Morgan fingerprint density at radius 2 is 2.08 bits per heavy atom. The maximum Gasteiger partial charge on any atom is 0.344 e. The van der Waals surface area contributed by atoms with Crippen molar-refractivity contribution in [3.63, 3.8) is 0 Å². The van der Waals surface area contributed by atoms with E-state index in [0.717, 1.165) is 18.4 Å². The Labute approximate surface area is 146 Å². The zero-order chi connectivity index (χ0) is 17.4. The molecule has 5 heteroatoms. The highest BCUT2D eigenvalue weighted by atomic mass is 16.5. The van der Waals surface area contributed by atoms with Gasteiger partial charge in [0.25, 0.3) is 5.56 Å². The Hall–Kier alpha value is -2.56. The van der Waals surface area contributed by atoms with Gasteiger partial charge < -0.3 is 15.0 Å². The zero-order valence-electron chi connectivity index (χ0n) is 14.3. The van der Waals surface area contributed by atoms with Gasteiger partial charge in [-0.3, -0.25) is 4.79 Å². The summed E-state index contributed by atoms with van der Waals surface area (Å²) in [5, 5.41) is 3.60. The van der Waals surface area contributed by atoms with Crippen molar-refractivity contribution >= 4 is 11.7 Å². The molecule has 2 aliphatic carbocycles. The lowest BCUT2D eigenvalue weighted by atomic mass is 9.90. The van der Waals surface area contributed by atoms with Crippen LogP contribution >= 0.6 is 0 Å². The number of carbonyl (C=O) groups excluding carboxylic acids is 1. The number of esters is 1. The number of H-pyrrole nitrogens is 1.